The van der Waals surface area contributed by atoms with E-state index in [0.29, 0.717) is 18.8 Å². The number of thioether (sulfide) groups is 1. The Labute approximate surface area is 132 Å². The van der Waals surface area contributed by atoms with Crippen LogP contribution >= 0.6 is 23.4 Å². The van der Waals surface area contributed by atoms with Crippen LogP contribution in [-0.2, 0) is 14.3 Å². The van der Waals surface area contributed by atoms with E-state index in [2.05, 4.69) is 10.3 Å². The fourth-order valence-electron chi connectivity index (χ4n) is 2.11. The second kappa shape index (κ2) is 7.63. The van der Waals surface area contributed by atoms with Crippen molar-refractivity contribution < 1.29 is 19.2 Å². The van der Waals surface area contributed by atoms with Gasteiger partial charge in [0, 0.05) is 11.9 Å². The van der Waals surface area contributed by atoms with Crippen molar-refractivity contribution in [3.05, 3.63) is 23.5 Å². The minimum absolute atomic E-state index is 0.143. The van der Waals surface area contributed by atoms with E-state index in [1.165, 1.54) is 7.11 Å². The van der Waals surface area contributed by atoms with Crippen LogP contribution in [0, 0.1) is 0 Å². The van der Waals surface area contributed by atoms with Crippen LogP contribution in [0.25, 0.3) is 0 Å². The molecule has 1 aliphatic rings. The predicted octanol–water partition coefficient (Wildman–Crippen LogP) is -0.153. The van der Waals surface area contributed by atoms with Crippen molar-refractivity contribution in [3.8, 4) is 0 Å². The maximum Gasteiger partial charge on any atom is 0.324 e. The molecular formula is C13H17ClN3O3S+. The lowest BCUT2D eigenvalue weighted by Gasteiger charge is -2.27. The molecule has 2 atom stereocenters. The first-order valence-corrected chi connectivity index (χ1v) is 7.96. The van der Waals surface area contributed by atoms with Gasteiger partial charge in [-0.1, -0.05) is 11.6 Å². The van der Waals surface area contributed by atoms with Crippen LogP contribution in [0.3, 0.4) is 0 Å². The molecule has 6 nitrogen and oxygen atoms in total. The fraction of sp³-hybridized carbons (Fsp3) is 0.462. The summed E-state index contributed by atoms with van der Waals surface area (Å²) < 4.78 is 4.76. The number of pyridine rings is 1. The molecule has 1 fully saturated rings. The predicted molar refractivity (Wildman–Crippen MR) is 81.7 cm³/mol. The summed E-state index contributed by atoms with van der Waals surface area (Å²) in [6.07, 6.45) is 1.56. The molecule has 1 amide bonds. The van der Waals surface area contributed by atoms with Gasteiger partial charge in [-0.15, -0.1) is 11.8 Å². The van der Waals surface area contributed by atoms with E-state index < -0.39 is 0 Å². The van der Waals surface area contributed by atoms with Crippen LogP contribution in [0.2, 0.25) is 5.15 Å². The molecule has 0 bridgehead atoms. The first-order chi connectivity index (χ1) is 10.1. The maximum absolute atomic E-state index is 12.0. The van der Waals surface area contributed by atoms with Gasteiger partial charge in [0.2, 0.25) is 0 Å². The number of hydrogen-bond donors (Lipinski definition) is 2. The third-order valence-corrected chi connectivity index (χ3v) is 4.66. The molecule has 8 heteroatoms. The first-order valence-electron chi connectivity index (χ1n) is 6.53. The van der Waals surface area contributed by atoms with Gasteiger partial charge < -0.3 is 15.0 Å². The smallest absolute Gasteiger partial charge is 0.324 e. The summed E-state index contributed by atoms with van der Waals surface area (Å²) >= 11 is 7.47. The lowest BCUT2D eigenvalue weighted by molar-refractivity contribution is -0.889. The molecule has 0 radical (unpaired) electrons. The Morgan fingerprint density at radius 2 is 2.43 bits per heavy atom. The number of carbonyl (C=O) groups excluding carboxylic acids is 2. The number of ether oxygens (including phenoxy) is 1. The number of amides is 1. The average molecular weight is 331 g/mol. The van der Waals surface area contributed by atoms with Gasteiger partial charge in [-0.05, 0) is 12.1 Å². The van der Waals surface area contributed by atoms with Crippen LogP contribution < -0.4 is 10.2 Å². The molecule has 1 unspecified atom stereocenters. The molecule has 1 aliphatic heterocycles. The molecule has 1 aromatic heterocycles. The highest BCUT2D eigenvalue weighted by atomic mass is 35.5. The molecule has 1 aromatic rings. The quantitative estimate of drug-likeness (QED) is 0.593. The SMILES string of the molecule is COC(=O)[C@@H]1C[NH+](CC(=O)Nc2cccnc2Cl)CCS1. The summed E-state index contributed by atoms with van der Waals surface area (Å²) in [5.74, 6) is 0.457. The van der Waals surface area contributed by atoms with Gasteiger partial charge >= 0.3 is 5.97 Å². The number of aromatic nitrogens is 1. The molecular weight excluding hydrogens is 314 g/mol. The molecule has 114 valence electrons. The largest absolute Gasteiger partial charge is 0.468 e. The van der Waals surface area contributed by atoms with E-state index in [9.17, 15) is 9.59 Å². The van der Waals surface area contributed by atoms with Crippen LogP contribution in [0.4, 0.5) is 5.69 Å². The second-order valence-corrected chi connectivity index (χ2v) is 6.32. The maximum atomic E-state index is 12.0. The van der Waals surface area contributed by atoms with Crippen molar-refractivity contribution in [2.45, 2.75) is 5.25 Å². The number of methoxy groups -OCH3 is 1. The first kappa shape index (κ1) is 16.1. The molecule has 0 saturated carbocycles. The van der Waals surface area contributed by atoms with Crippen molar-refractivity contribution in [3.63, 3.8) is 0 Å². The van der Waals surface area contributed by atoms with E-state index in [4.69, 9.17) is 16.3 Å². The summed E-state index contributed by atoms with van der Waals surface area (Å²) in [7, 11) is 1.38. The summed E-state index contributed by atoms with van der Waals surface area (Å²) in [5, 5.41) is 2.80. The highest BCUT2D eigenvalue weighted by Crippen LogP contribution is 2.17. The van der Waals surface area contributed by atoms with Crippen LogP contribution in [-0.4, -0.2) is 54.6 Å². The van der Waals surface area contributed by atoms with Crippen LogP contribution in [0.15, 0.2) is 18.3 Å². The van der Waals surface area contributed by atoms with E-state index in [1.54, 1.807) is 30.1 Å². The molecule has 0 spiro atoms. The number of anilines is 1. The van der Waals surface area contributed by atoms with Crippen molar-refractivity contribution in [2.75, 3.05) is 37.8 Å². The minimum Gasteiger partial charge on any atom is -0.468 e. The van der Waals surface area contributed by atoms with E-state index >= 15 is 0 Å². The number of halogens is 1. The molecule has 0 aromatic carbocycles. The lowest BCUT2D eigenvalue weighted by Crippen LogP contribution is -3.15. The Balaban J connectivity index is 1.88. The Hall–Kier alpha value is -1.31. The van der Waals surface area contributed by atoms with Crippen LogP contribution in [0.5, 0.6) is 0 Å². The van der Waals surface area contributed by atoms with Gasteiger partial charge in [0.05, 0.1) is 19.3 Å². The third kappa shape index (κ3) is 4.59. The van der Waals surface area contributed by atoms with Crippen molar-refractivity contribution in [2.24, 2.45) is 0 Å². The van der Waals surface area contributed by atoms with E-state index in [-0.39, 0.29) is 22.3 Å². The zero-order valence-electron chi connectivity index (χ0n) is 11.6. The topological polar surface area (TPSA) is 72.7 Å². The number of rotatable bonds is 4. The number of esters is 1. The van der Waals surface area contributed by atoms with Gasteiger partial charge in [0.25, 0.3) is 5.91 Å². The number of nitrogens with zero attached hydrogens (tertiary/aromatic N) is 1. The fourth-order valence-corrected chi connectivity index (χ4v) is 3.56. The van der Waals surface area contributed by atoms with Gasteiger partial charge in [-0.3, -0.25) is 9.59 Å². The van der Waals surface area contributed by atoms with Gasteiger partial charge in [-0.25, -0.2) is 4.98 Å². The zero-order chi connectivity index (χ0) is 15.2. The Kier molecular flexibility index (Phi) is 5.84. The van der Waals surface area contributed by atoms with Crippen molar-refractivity contribution in [1.29, 1.82) is 0 Å². The van der Waals surface area contributed by atoms with Crippen molar-refractivity contribution >= 4 is 40.9 Å². The molecule has 2 N–H and O–H groups in total. The lowest BCUT2D eigenvalue weighted by atomic mass is 10.3. The standard InChI is InChI=1S/C13H16ClN3O3S/c1-20-13(19)10-7-17(5-6-21-10)8-11(18)16-9-3-2-4-15-12(9)14/h2-4,10H,5-8H2,1H3,(H,16,18)/p+1/t10-/m0/s1. The number of quaternary nitrogens is 1. The molecule has 1 saturated heterocycles. The monoisotopic (exact) mass is 330 g/mol. The Morgan fingerprint density at radius 3 is 3.14 bits per heavy atom. The molecule has 2 heterocycles. The van der Waals surface area contributed by atoms with Gasteiger partial charge in [-0.2, -0.15) is 0 Å². The summed E-state index contributed by atoms with van der Waals surface area (Å²) in [6, 6.07) is 3.41. The average Bonchev–Trinajstić information content (AvgIpc) is 2.49. The highest BCUT2D eigenvalue weighted by molar-refractivity contribution is 8.00. The third-order valence-electron chi connectivity index (χ3n) is 3.16. The normalized spacial score (nSPS) is 21.6. The zero-order valence-corrected chi connectivity index (χ0v) is 13.2. The summed E-state index contributed by atoms with van der Waals surface area (Å²) in [6.45, 7) is 1.72. The van der Waals surface area contributed by atoms with Crippen LogP contribution in [0.1, 0.15) is 0 Å². The van der Waals surface area contributed by atoms with Gasteiger partial charge in [0.1, 0.15) is 6.54 Å². The van der Waals surface area contributed by atoms with Gasteiger partial charge in [0.15, 0.2) is 16.9 Å². The van der Waals surface area contributed by atoms with E-state index in [1.807, 2.05) is 0 Å². The molecule has 0 aliphatic carbocycles. The number of carbonyl (C=O) groups is 2. The molecule has 2 rings (SSSR count). The number of hydrogen-bond acceptors (Lipinski definition) is 5. The van der Waals surface area contributed by atoms with Crippen molar-refractivity contribution in [1.82, 2.24) is 4.98 Å². The second-order valence-electron chi connectivity index (χ2n) is 4.65. The Bertz CT molecular complexity index is 529. The highest BCUT2D eigenvalue weighted by Gasteiger charge is 2.31. The number of nitrogens with one attached hydrogen (secondary N) is 2. The minimum atomic E-state index is -0.229. The summed E-state index contributed by atoms with van der Waals surface area (Å²) in [5.41, 5.74) is 0.500. The Morgan fingerprint density at radius 1 is 1.62 bits per heavy atom. The molecule has 21 heavy (non-hydrogen) atoms. The van der Waals surface area contributed by atoms with E-state index in [0.717, 1.165) is 17.2 Å². The summed E-state index contributed by atoms with van der Waals surface area (Å²) in [4.78, 5) is 28.6.